The largest absolute Gasteiger partial charge is 0.494 e. The Hall–Kier alpha value is -1.38. The van der Waals surface area contributed by atoms with Crippen LogP contribution in [0.4, 0.5) is 5.69 Å². The molecule has 0 spiro atoms. The van der Waals surface area contributed by atoms with Gasteiger partial charge in [-0.15, -0.1) is 5.11 Å². The molecule has 0 N–H and O–H groups in total. The zero-order valence-corrected chi connectivity index (χ0v) is 12.8. The Balaban J connectivity index is 3.24. The predicted molar refractivity (Wildman–Crippen MR) is 75.3 cm³/mol. The number of halogens is 1. The second kappa shape index (κ2) is 6.53. The van der Waals surface area contributed by atoms with Crippen LogP contribution < -0.4 is 4.74 Å². The van der Waals surface area contributed by atoms with Crippen molar-refractivity contribution < 1.29 is 14.3 Å². The fourth-order valence-electron chi connectivity index (χ4n) is 1.20. The molecule has 1 rings (SSSR count). The van der Waals surface area contributed by atoms with Gasteiger partial charge in [-0.1, -0.05) is 5.22 Å². The Morgan fingerprint density at radius 3 is 2.50 bits per heavy atom. The van der Waals surface area contributed by atoms with Gasteiger partial charge in [0.2, 0.25) is 0 Å². The zero-order valence-electron chi connectivity index (χ0n) is 10.6. The van der Waals surface area contributed by atoms with Gasteiger partial charge < -0.3 is 9.47 Å². The van der Waals surface area contributed by atoms with Crippen LogP contribution in [-0.4, -0.2) is 39.3 Å². The molecule has 0 bridgehead atoms. The lowest BCUT2D eigenvalue weighted by Crippen LogP contribution is -2.03. The van der Waals surface area contributed by atoms with Crippen molar-refractivity contribution in [3.63, 3.8) is 0 Å². The monoisotopic (exact) mass is 363 g/mol. The Labute approximate surface area is 119 Å². The van der Waals surface area contributed by atoms with Crippen LogP contribution >= 0.6 is 22.6 Å². The number of benzene rings is 1. The second-order valence-electron chi connectivity index (χ2n) is 3.54. The molecule has 0 amide bonds. The molecule has 0 atom stereocenters. The van der Waals surface area contributed by atoms with E-state index in [0.29, 0.717) is 17.0 Å². The summed E-state index contributed by atoms with van der Waals surface area (Å²) in [5.74, 6) is 0.0650. The molecule has 6 nitrogen and oxygen atoms in total. The fraction of sp³-hybridized carbons (Fsp3) is 0.364. The van der Waals surface area contributed by atoms with E-state index in [1.165, 1.54) is 14.2 Å². The number of esters is 1. The lowest BCUT2D eigenvalue weighted by atomic mass is 10.2. The van der Waals surface area contributed by atoms with Crippen LogP contribution in [0.1, 0.15) is 10.4 Å². The summed E-state index contributed by atoms with van der Waals surface area (Å²) in [6.07, 6.45) is 0. The lowest BCUT2D eigenvalue weighted by molar-refractivity contribution is 0.0600. The minimum atomic E-state index is -0.415. The number of hydrogen-bond acceptors (Lipinski definition) is 5. The lowest BCUT2D eigenvalue weighted by Gasteiger charge is -2.09. The van der Waals surface area contributed by atoms with E-state index in [4.69, 9.17) is 4.74 Å². The number of carbonyl (C=O) groups excluding carboxylic acids is 1. The average molecular weight is 363 g/mol. The van der Waals surface area contributed by atoms with Crippen molar-refractivity contribution in [1.82, 2.24) is 5.01 Å². The third-order valence-electron chi connectivity index (χ3n) is 1.99. The summed E-state index contributed by atoms with van der Waals surface area (Å²) in [5.41, 5.74) is 1.00. The van der Waals surface area contributed by atoms with Gasteiger partial charge in [0.15, 0.2) is 0 Å². The van der Waals surface area contributed by atoms with Crippen molar-refractivity contribution in [2.45, 2.75) is 0 Å². The molecule has 18 heavy (non-hydrogen) atoms. The van der Waals surface area contributed by atoms with E-state index in [2.05, 4.69) is 37.7 Å². The van der Waals surface area contributed by atoms with Gasteiger partial charge in [0.1, 0.15) is 11.4 Å². The van der Waals surface area contributed by atoms with Crippen LogP contribution in [0.5, 0.6) is 5.75 Å². The molecule has 0 unspecified atom stereocenters. The highest BCUT2D eigenvalue weighted by Crippen LogP contribution is 2.34. The molecule has 7 heteroatoms. The van der Waals surface area contributed by atoms with Gasteiger partial charge in [-0.25, -0.2) is 4.79 Å². The first-order chi connectivity index (χ1) is 8.49. The molecule has 0 aromatic heterocycles. The maximum atomic E-state index is 11.5. The first kappa shape index (κ1) is 14.7. The average Bonchev–Trinajstić information content (AvgIpc) is 2.35. The summed E-state index contributed by atoms with van der Waals surface area (Å²) >= 11 is 2.07. The topological polar surface area (TPSA) is 63.5 Å². The summed E-state index contributed by atoms with van der Waals surface area (Å²) in [7, 11) is 6.39. The fourth-order valence-corrected chi connectivity index (χ4v) is 1.91. The van der Waals surface area contributed by atoms with Gasteiger partial charge >= 0.3 is 5.97 Å². The third-order valence-corrected chi connectivity index (χ3v) is 2.82. The number of hydrogen-bond donors (Lipinski definition) is 0. The quantitative estimate of drug-likeness (QED) is 0.357. The molecule has 0 fully saturated rings. The number of rotatable bonds is 4. The highest BCUT2D eigenvalue weighted by molar-refractivity contribution is 14.1. The van der Waals surface area contributed by atoms with Crippen molar-refractivity contribution in [3.05, 3.63) is 21.3 Å². The Bertz CT molecular complexity index is 475. The van der Waals surface area contributed by atoms with Crippen molar-refractivity contribution in [3.8, 4) is 5.75 Å². The molecule has 0 aliphatic rings. The second-order valence-corrected chi connectivity index (χ2v) is 4.70. The molecule has 0 saturated heterocycles. The Kier molecular flexibility index (Phi) is 5.32. The first-order valence-corrected chi connectivity index (χ1v) is 6.12. The molecule has 1 aromatic carbocycles. The SMILES string of the molecule is COC(=O)c1cc(I)c(/N=N/N(C)C)c(OC)c1. The molecule has 1 aromatic rings. The molecule has 0 saturated carbocycles. The molecule has 0 radical (unpaired) electrons. The van der Waals surface area contributed by atoms with Crippen molar-refractivity contribution >= 4 is 34.2 Å². The van der Waals surface area contributed by atoms with Crippen molar-refractivity contribution in [1.29, 1.82) is 0 Å². The molecule has 98 valence electrons. The van der Waals surface area contributed by atoms with Crippen LogP contribution in [0.15, 0.2) is 22.5 Å². The Morgan fingerprint density at radius 1 is 1.33 bits per heavy atom. The van der Waals surface area contributed by atoms with E-state index in [9.17, 15) is 4.79 Å². The smallest absolute Gasteiger partial charge is 0.338 e. The Morgan fingerprint density at radius 2 is 2.00 bits per heavy atom. The van der Waals surface area contributed by atoms with Crippen molar-refractivity contribution in [2.75, 3.05) is 28.3 Å². The minimum absolute atomic E-state index is 0.415. The van der Waals surface area contributed by atoms with E-state index < -0.39 is 5.97 Å². The summed E-state index contributed by atoms with van der Waals surface area (Å²) < 4.78 is 10.6. The standard InChI is InChI=1S/C11H14IN3O3/c1-15(2)14-13-10-8(12)5-7(11(16)18-4)6-9(10)17-3/h5-6H,1-4H3/b14-13+. The maximum Gasteiger partial charge on any atom is 0.338 e. The number of nitrogens with zero attached hydrogens (tertiary/aromatic N) is 3. The van der Waals surface area contributed by atoms with Gasteiger partial charge in [0.25, 0.3) is 0 Å². The highest BCUT2D eigenvalue weighted by atomic mass is 127. The van der Waals surface area contributed by atoms with Crippen LogP contribution in [0.25, 0.3) is 0 Å². The van der Waals surface area contributed by atoms with E-state index >= 15 is 0 Å². The van der Waals surface area contributed by atoms with Crippen LogP contribution in [0, 0.1) is 3.57 Å². The van der Waals surface area contributed by atoms with Gasteiger partial charge in [-0.3, -0.25) is 5.01 Å². The van der Waals surface area contributed by atoms with E-state index in [1.54, 1.807) is 31.2 Å². The molecular weight excluding hydrogens is 349 g/mol. The molecule has 0 heterocycles. The summed E-state index contributed by atoms with van der Waals surface area (Å²) in [4.78, 5) is 11.5. The van der Waals surface area contributed by atoms with Crippen molar-refractivity contribution in [2.24, 2.45) is 10.3 Å². The van der Waals surface area contributed by atoms with Crippen LogP contribution in [-0.2, 0) is 4.74 Å². The van der Waals surface area contributed by atoms with E-state index in [0.717, 1.165) is 3.57 Å². The zero-order chi connectivity index (χ0) is 13.7. The van der Waals surface area contributed by atoms with E-state index in [-0.39, 0.29) is 0 Å². The summed E-state index contributed by atoms with van der Waals surface area (Å²) in [6.45, 7) is 0. The number of carbonyl (C=O) groups is 1. The van der Waals surface area contributed by atoms with Gasteiger partial charge in [-0.2, -0.15) is 0 Å². The van der Waals surface area contributed by atoms with Gasteiger partial charge in [0, 0.05) is 17.7 Å². The summed E-state index contributed by atoms with van der Waals surface area (Å²) in [6, 6.07) is 3.26. The van der Waals surface area contributed by atoms with Gasteiger partial charge in [-0.05, 0) is 34.7 Å². The normalized spacial score (nSPS) is 10.5. The van der Waals surface area contributed by atoms with Crippen LogP contribution in [0.2, 0.25) is 0 Å². The number of methoxy groups -OCH3 is 2. The third kappa shape index (κ3) is 3.56. The van der Waals surface area contributed by atoms with Gasteiger partial charge in [0.05, 0.1) is 19.8 Å². The number of ether oxygens (including phenoxy) is 2. The van der Waals surface area contributed by atoms with E-state index in [1.807, 2.05) is 0 Å². The highest BCUT2D eigenvalue weighted by Gasteiger charge is 2.14. The molecular formula is C11H14IN3O3. The first-order valence-electron chi connectivity index (χ1n) is 5.04. The predicted octanol–water partition coefficient (Wildman–Crippen LogP) is 2.65. The van der Waals surface area contributed by atoms with Crippen LogP contribution in [0.3, 0.4) is 0 Å². The molecule has 0 aliphatic carbocycles. The minimum Gasteiger partial charge on any atom is -0.494 e. The maximum absolute atomic E-state index is 11.5. The molecule has 0 aliphatic heterocycles. The summed E-state index contributed by atoms with van der Waals surface area (Å²) in [5, 5.41) is 9.56.